The first-order valence-corrected chi connectivity index (χ1v) is 12.3. The van der Waals surface area contributed by atoms with Gasteiger partial charge in [-0.1, -0.05) is 66.7 Å². The van der Waals surface area contributed by atoms with Crippen molar-refractivity contribution >= 4 is 23.7 Å². The molecule has 2 aliphatic heterocycles. The Morgan fingerprint density at radius 3 is 2.30 bits per heavy atom. The summed E-state index contributed by atoms with van der Waals surface area (Å²) >= 11 is 0. The smallest absolute Gasteiger partial charge is 0.330 e. The highest BCUT2D eigenvalue weighted by molar-refractivity contribution is 5.96. The maximum atomic E-state index is 13.8. The molecule has 8 nitrogen and oxygen atoms in total. The van der Waals surface area contributed by atoms with Crippen molar-refractivity contribution in [1.29, 1.82) is 0 Å². The number of hydrogen-bond acceptors (Lipinski definition) is 6. The number of carbonyl (C=O) groups is 3. The minimum absolute atomic E-state index is 0.0162. The first-order valence-electron chi connectivity index (χ1n) is 12.3. The average Bonchev–Trinajstić information content (AvgIpc) is 3.29. The molecule has 3 aromatic rings. The fraction of sp³-hybridized carbons (Fsp3) is 0.276. The standard InChI is InChI=1S/C29H28N2O6/c1-2-35-27(32)24-22-18-36-23-16-10-9-15-21(23)25(22)31(29(34)30-20-13-7-4-8-14-20)26(24)28(33)37-17-19-11-5-3-6-12-19/h3-16,22,24-26H,2,17-18H2,1H3,(H,30,34)/t22-,24-,25+,26?/m0/s1. The maximum Gasteiger partial charge on any atom is 0.330 e. The number of esters is 2. The Morgan fingerprint density at radius 2 is 1.57 bits per heavy atom. The maximum absolute atomic E-state index is 13.8. The molecule has 37 heavy (non-hydrogen) atoms. The normalized spacial score (nSPS) is 21.7. The lowest BCUT2D eigenvalue weighted by molar-refractivity contribution is -0.160. The molecule has 0 saturated carbocycles. The van der Waals surface area contributed by atoms with Gasteiger partial charge in [-0.15, -0.1) is 0 Å². The molecule has 1 N–H and O–H groups in total. The van der Waals surface area contributed by atoms with Crippen molar-refractivity contribution in [3.8, 4) is 5.75 Å². The fourth-order valence-electron chi connectivity index (χ4n) is 5.18. The van der Waals surface area contributed by atoms with Crippen molar-refractivity contribution < 1.29 is 28.6 Å². The van der Waals surface area contributed by atoms with E-state index in [-0.39, 0.29) is 19.8 Å². The molecule has 190 valence electrons. The van der Waals surface area contributed by atoms with Crippen molar-refractivity contribution in [2.45, 2.75) is 25.6 Å². The summed E-state index contributed by atoms with van der Waals surface area (Å²) in [6.45, 7) is 2.02. The highest BCUT2D eigenvalue weighted by Gasteiger charge is 2.60. The quantitative estimate of drug-likeness (QED) is 0.498. The van der Waals surface area contributed by atoms with Crippen LogP contribution in [0.5, 0.6) is 5.75 Å². The van der Waals surface area contributed by atoms with Gasteiger partial charge in [-0.25, -0.2) is 9.59 Å². The third kappa shape index (κ3) is 4.87. The van der Waals surface area contributed by atoms with Crippen LogP contribution < -0.4 is 10.1 Å². The zero-order valence-corrected chi connectivity index (χ0v) is 20.4. The highest BCUT2D eigenvalue weighted by Crippen LogP contribution is 2.51. The zero-order valence-electron chi connectivity index (χ0n) is 20.4. The number of para-hydroxylation sites is 2. The minimum Gasteiger partial charge on any atom is -0.493 e. The molecule has 5 rings (SSSR count). The predicted molar refractivity (Wildman–Crippen MR) is 136 cm³/mol. The van der Waals surface area contributed by atoms with Crippen LogP contribution in [0.2, 0.25) is 0 Å². The van der Waals surface area contributed by atoms with Crippen LogP contribution in [0.25, 0.3) is 0 Å². The summed E-state index contributed by atoms with van der Waals surface area (Å²) in [7, 11) is 0. The topological polar surface area (TPSA) is 94.2 Å². The molecule has 0 bridgehead atoms. The third-order valence-corrected chi connectivity index (χ3v) is 6.76. The van der Waals surface area contributed by atoms with Gasteiger partial charge in [0.2, 0.25) is 0 Å². The van der Waals surface area contributed by atoms with Gasteiger partial charge in [0.1, 0.15) is 18.4 Å². The number of anilines is 1. The van der Waals surface area contributed by atoms with E-state index >= 15 is 0 Å². The van der Waals surface area contributed by atoms with Gasteiger partial charge >= 0.3 is 18.0 Å². The number of rotatable bonds is 6. The molecule has 2 heterocycles. The lowest BCUT2D eigenvalue weighted by Gasteiger charge is -2.34. The number of likely N-dealkylation sites (tertiary alicyclic amines) is 1. The monoisotopic (exact) mass is 500 g/mol. The molecular formula is C29H28N2O6. The number of nitrogens with zero attached hydrogens (tertiary/aromatic N) is 1. The van der Waals surface area contributed by atoms with Crippen molar-refractivity contribution in [2.75, 3.05) is 18.5 Å². The van der Waals surface area contributed by atoms with E-state index in [0.29, 0.717) is 11.4 Å². The van der Waals surface area contributed by atoms with Crippen LogP contribution in [0.3, 0.4) is 0 Å². The van der Waals surface area contributed by atoms with Crippen molar-refractivity contribution in [2.24, 2.45) is 11.8 Å². The molecule has 8 heteroatoms. The number of carbonyl (C=O) groups excluding carboxylic acids is 3. The summed E-state index contributed by atoms with van der Waals surface area (Å²) in [5.41, 5.74) is 2.10. The first kappa shape index (κ1) is 24.4. The van der Waals surface area contributed by atoms with Crippen molar-refractivity contribution in [3.63, 3.8) is 0 Å². The second-order valence-electron chi connectivity index (χ2n) is 8.98. The van der Waals surface area contributed by atoms with Gasteiger partial charge in [0.05, 0.1) is 25.2 Å². The molecule has 2 amide bonds. The number of amides is 2. The van der Waals surface area contributed by atoms with E-state index in [9.17, 15) is 14.4 Å². The number of urea groups is 1. The summed E-state index contributed by atoms with van der Waals surface area (Å²) in [4.78, 5) is 42.2. The molecule has 3 aromatic carbocycles. The van der Waals surface area contributed by atoms with Gasteiger partial charge in [0.15, 0.2) is 0 Å². The molecule has 0 radical (unpaired) electrons. The first-order chi connectivity index (χ1) is 18.1. The van der Waals surface area contributed by atoms with Gasteiger partial charge in [-0.3, -0.25) is 4.79 Å². The minimum atomic E-state index is -1.20. The average molecular weight is 501 g/mol. The lowest BCUT2D eigenvalue weighted by atomic mass is 9.83. The van der Waals surface area contributed by atoms with Crippen LogP contribution in [0.1, 0.15) is 24.1 Å². The number of nitrogens with one attached hydrogen (secondary N) is 1. The molecule has 0 aliphatic carbocycles. The number of hydrogen-bond donors (Lipinski definition) is 1. The van der Waals surface area contributed by atoms with E-state index in [0.717, 1.165) is 11.1 Å². The zero-order chi connectivity index (χ0) is 25.8. The van der Waals surface area contributed by atoms with E-state index in [1.54, 1.807) is 31.2 Å². The Hall–Kier alpha value is -4.33. The van der Waals surface area contributed by atoms with E-state index in [1.807, 2.05) is 60.7 Å². The summed E-state index contributed by atoms with van der Waals surface area (Å²) in [6, 6.07) is 23.3. The van der Waals surface area contributed by atoms with E-state index in [4.69, 9.17) is 14.2 Å². The van der Waals surface area contributed by atoms with Gasteiger partial charge in [-0.05, 0) is 30.7 Å². The summed E-state index contributed by atoms with van der Waals surface area (Å²) < 4.78 is 17.1. The van der Waals surface area contributed by atoms with Crippen LogP contribution in [-0.2, 0) is 25.7 Å². The Kier molecular flexibility index (Phi) is 7.07. The molecule has 0 aromatic heterocycles. The highest BCUT2D eigenvalue weighted by atomic mass is 16.5. The predicted octanol–water partition coefficient (Wildman–Crippen LogP) is 4.58. The summed E-state index contributed by atoms with van der Waals surface area (Å²) in [5.74, 6) is -2.07. The van der Waals surface area contributed by atoms with Crippen LogP contribution in [0, 0.1) is 11.8 Å². The van der Waals surface area contributed by atoms with Crippen molar-refractivity contribution in [1.82, 2.24) is 4.90 Å². The van der Waals surface area contributed by atoms with Crippen molar-refractivity contribution in [3.05, 3.63) is 96.1 Å². The van der Waals surface area contributed by atoms with E-state index < -0.39 is 41.9 Å². The molecule has 4 atom stereocenters. The largest absolute Gasteiger partial charge is 0.493 e. The van der Waals surface area contributed by atoms with Crippen LogP contribution in [0.15, 0.2) is 84.9 Å². The molecule has 2 aliphatic rings. The van der Waals surface area contributed by atoms with Gasteiger partial charge in [-0.2, -0.15) is 0 Å². The lowest BCUT2D eigenvalue weighted by Crippen LogP contribution is -2.48. The molecule has 1 unspecified atom stereocenters. The number of ether oxygens (including phenoxy) is 3. The van der Waals surface area contributed by atoms with E-state index in [2.05, 4.69) is 5.32 Å². The third-order valence-electron chi connectivity index (χ3n) is 6.76. The molecule has 1 fully saturated rings. The van der Waals surface area contributed by atoms with Gasteiger partial charge in [0, 0.05) is 17.2 Å². The van der Waals surface area contributed by atoms with Crippen LogP contribution in [-0.4, -0.2) is 42.1 Å². The Bertz CT molecular complexity index is 1270. The van der Waals surface area contributed by atoms with Crippen LogP contribution >= 0.6 is 0 Å². The second kappa shape index (κ2) is 10.7. The SMILES string of the molecule is CCOC(=O)[C@@H]1C(C(=O)OCc2ccccc2)N(C(=O)Nc2ccccc2)[C@@H]2c3ccccc3OC[C@@H]12. The molecular weight excluding hydrogens is 472 g/mol. The number of fused-ring (bicyclic) bond motifs is 3. The second-order valence-corrected chi connectivity index (χ2v) is 8.98. The van der Waals surface area contributed by atoms with E-state index in [1.165, 1.54) is 4.90 Å². The Morgan fingerprint density at radius 1 is 0.892 bits per heavy atom. The van der Waals surface area contributed by atoms with Gasteiger partial charge in [0.25, 0.3) is 0 Å². The van der Waals surface area contributed by atoms with Gasteiger partial charge < -0.3 is 24.4 Å². The molecule has 1 saturated heterocycles. The Labute approximate surface area is 215 Å². The van der Waals surface area contributed by atoms with Crippen LogP contribution in [0.4, 0.5) is 10.5 Å². The summed E-state index contributed by atoms with van der Waals surface area (Å²) in [5, 5.41) is 2.88. The fourth-order valence-corrected chi connectivity index (χ4v) is 5.18. The number of benzene rings is 3. The summed E-state index contributed by atoms with van der Waals surface area (Å²) in [6.07, 6.45) is 0. The molecule has 0 spiro atoms. The Balaban J connectivity index is 1.54.